The van der Waals surface area contributed by atoms with E-state index in [9.17, 15) is 9.18 Å². The monoisotopic (exact) mass is 306 g/mol. The first-order chi connectivity index (χ1) is 11.2. The minimum atomic E-state index is -0.260. The highest BCUT2D eigenvalue weighted by atomic mass is 19.1. The Bertz CT molecular complexity index is 837. The Morgan fingerprint density at radius 2 is 1.83 bits per heavy atom. The average Bonchev–Trinajstić information content (AvgIpc) is 2.74. The highest BCUT2D eigenvalue weighted by molar-refractivity contribution is 6.16. The fourth-order valence-corrected chi connectivity index (χ4v) is 3.16. The van der Waals surface area contributed by atoms with Crippen molar-refractivity contribution in [1.29, 1.82) is 0 Å². The van der Waals surface area contributed by atoms with Crippen LogP contribution in [0.3, 0.4) is 0 Å². The topological polar surface area (TPSA) is 41.5 Å². The Balaban J connectivity index is 1.69. The first kappa shape index (κ1) is 13.9. The van der Waals surface area contributed by atoms with Crippen molar-refractivity contribution in [2.24, 2.45) is 4.99 Å². The largest absolute Gasteiger partial charge is 0.356 e. The van der Waals surface area contributed by atoms with E-state index >= 15 is 0 Å². The number of nitrogens with one attached hydrogen (secondary N) is 1. The third kappa shape index (κ3) is 2.57. The Morgan fingerprint density at radius 3 is 2.65 bits per heavy atom. The number of rotatable bonds is 1. The summed E-state index contributed by atoms with van der Waals surface area (Å²) in [5, 5.41) is 3.36. The van der Waals surface area contributed by atoms with Gasteiger partial charge in [0.2, 0.25) is 0 Å². The molecule has 0 radical (unpaired) electrons. The number of nitrogens with zero attached hydrogens (tertiary/aromatic N) is 1. The van der Waals surface area contributed by atoms with Crippen LogP contribution in [0.1, 0.15) is 24.3 Å². The van der Waals surface area contributed by atoms with Crippen molar-refractivity contribution in [2.75, 3.05) is 5.32 Å². The van der Waals surface area contributed by atoms with Crippen LogP contribution in [0, 0.1) is 5.82 Å². The van der Waals surface area contributed by atoms with E-state index in [0.717, 1.165) is 22.6 Å². The number of carbonyl (C=O) groups excluding carboxylic acids is 1. The van der Waals surface area contributed by atoms with Crippen molar-refractivity contribution < 1.29 is 9.18 Å². The van der Waals surface area contributed by atoms with Crippen LogP contribution in [0.4, 0.5) is 15.8 Å². The van der Waals surface area contributed by atoms with Crippen molar-refractivity contribution in [3.8, 4) is 0 Å². The lowest BCUT2D eigenvalue weighted by molar-refractivity contribution is -0.115. The Labute approximate surface area is 133 Å². The zero-order valence-corrected chi connectivity index (χ0v) is 12.4. The molecule has 114 valence electrons. The normalized spacial score (nSPS) is 19.7. The zero-order chi connectivity index (χ0) is 15.8. The second-order valence-electron chi connectivity index (χ2n) is 5.87. The number of allylic oxidation sites excluding steroid dienone is 2. The predicted octanol–water partition coefficient (Wildman–Crippen LogP) is 4.35. The summed E-state index contributed by atoms with van der Waals surface area (Å²) >= 11 is 0. The van der Waals surface area contributed by atoms with Crippen LogP contribution < -0.4 is 5.32 Å². The quantitative estimate of drug-likeness (QED) is 0.850. The number of halogens is 1. The van der Waals surface area contributed by atoms with Crippen molar-refractivity contribution in [3.63, 3.8) is 0 Å². The van der Waals surface area contributed by atoms with Gasteiger partial charge in [-0.1, -0.05) is 24.3 Å². The molecule has 1 aliphatic heterocycles. The molecule has 3 nitrogen and oxygen atoms in total. The molecule has 23 heavy (non-hydrogen) atoms. The molecule has 0 unspecified atom stereocenters. The van der Waals surface area contributed by atoms with E-state index in [4.69, 9.17) is 0 Å². The molecule has 2 aromatic carbocycles. The number of para-hydroxylation sites is 2. The van der Waals surface area contributed by atoms with Crippen molar-refractivity contribution in [3.05, 3.63) is 71.2 Å². The van der Waals surface area contributed by atoms with Gasteiger partial charge in [0.25, 0.3) is 0 Å². The first-order valence-corrected chi connectivity index (χ1v) is 7.62. The van der Waals surface area contributed by atoms with Crippen LogP contribution in [-0.2, 0) is 4.79 Å². The van der Waals surface area contributed by atoms with Gasteiger partial charge < -0.3 is 5.32 Å². The van der Waals surface area contributed by atoms with E-state index in [-0.39, 0.29) is 17.5 Å². The van der Waals surface area contributed by atoms with Gasteiger partial charge in [0, 0.05) is 18.3 Å². The van der Waals surface area contributed by atoms with Crippen molar-refractivity contribution in [1.82, 2.24) is 0 Å². The molecule has 0 spiro atoms. The van der Waals surface area contributed by atoms with Gasteiger partial charge in [0.05, 0.1) is 16.9 Å². The Hall–Kier alpha value is -2.75. The van der Waals surface area contributed by atoms with Crippen LogP contribution in [0.2, 0.25) is 0 Å². The standard InChI is InChI=1S/C19H15FN2O/c20-14-7-5-12(6-8-14)13-9-18-15(19(23)10-13)11-21-16-3-1-2-4-17(16)22-18/h1-8,11,13,22H,9-10H2/t13-/m1/s1. The summed E-state index contributed by atoms with van der Waals surface area (Å²) in [6.07, 6.45) is 2.80. The lowest BCUT2D eigenvalue weighted by Gasteiger charge is -2.25. The van der Waals surface area contributed by atoms with Gasteiger partial charge >= 0.3 is 0 Å². The second-order valence-corrected chi connectivity index (χ2v) is 5.87. The lowest BCUT2D eigenvalue weighted by Crippen LogP contribution is -2.22. The minimum Gasteiger partial charge on any atom is -0.356 e. The first-order valence-electron chi connectivity index (χ1n) is 7.62. The molecule has 0 aromatic heterocycles. The molecular formula is C19H15FN2O. The predicted molar refractivity (Wildman–Crippen MR) is 88.6 cm³/mol. The van der Waals surface area contributed by atoms with Crippen molar-refractivity contribution in [2.45, 2.75) is 18.8 Å². The molecule has 4 rings (SSSR count). The van der Waals surface area contributed by atoms with E-state index in [2.05, 4.69) is 10.3 Å². The highest BCUT2D eigenvalue weighted by Crippen LogP contribution is 2.38. The van der Waals surface area contributed by atoms with E-state index in [1.807, 2.05) is 24.3 Å². The summed E-state index contributed by atoms with van der Waals surface area (Å²) < 4.78 is 13.1. The number of anilines is 1. The van der Waals surface area contributed by atoms with Crippen LogP contribution in [0.15, 0.2) is 64.8 Å². The number of hydrogen-bond donors (Lipinski definition) is 1. The van der Waals surface area contributed by atoms with E-state index in [1.54, 1.807) is 18.3 Å². The molecule has 4 heteroatoms. The third-order valence-electron chi connectivity index (χ3n) is 4.37. The number of benzene rings is 2. The Kier molecular flexibility index (Phi) is 3.30. The smallest absolute Gasteiger partial charge is 0.166 e. The van der Waals surface area contributed by atoms with Gasteiger partial charge in [-0.3, -0.25) is 9.79 Å². The summed E-state index contributed by atoms with van der Waals surface area (Å²) in [6.45, 7) is 0. The summed E-state index contributed by atoms with van der Waals surface area (Å²) in [6, 6.07) is 14.1. The zero-order valence-electron chi connectivity index (χ0n) is 12.4. The van der Waals surface area contributed by atoms with Gasteiger partial charge in [-0.25, -0.2) is 4.39 Å². The number of hydrogen-bond acceptors (Lipinski definition) is 3. The summed E-state index contributed by atoms with van der Waals surface area (Å²) in [7, 11) is 0. The van der Waals surface area contributed by atoms with Gasteiger partial charge in [0.1, 0.15) is 5.82 Å². The number of ketones is 1. The van der Waals surface area contributed by atoms with Gasteiger partial charge in [0.15, 0.2) is 5.78 Å². The number of fused-ring (bicyclic) bond motifs is 1. The molecule has 2 aromatic rings. The fourth-order valence-electron chi connectivity index (χ4n) is 3.16. The van der Waals surface area contributed by atoms with Crippen LogP contribution in [-0.4, -0.2) is 12.0 Å². The number of aliphatic imine (C=N–C) groups is 1. The number of carbonyl (C=O) groups is 1. The lowest BCUT2D eigenvalue weighted by atomic mass is 9.82. The molecule has 0 fully saturated rings. The molecule has 1 atom stereocenters. The molecular weight excluding hydrogens is 291 g/mol. The molecule has 2 aliphatic rings. The summed E-state index contributed by atoms with van der Waals surface area (Å²) in [4.78, 5) is 16.9. The summed E-state index contributed by atoms with van der Waals surface area (Å²) in [5.74, 6) is -0.123. The minimum absolute atomic E-state index is 0.0630. The third-order valence-corrected chi connectivity index (χ3v) is 4.37. The van der Waals surface area contributed by atoms with Gasteiger partial charge in [-0.05, 0) is 42.2 Å². The van der Waals surface area contributed by atoms with E-state index in [1.165, 1.54) is 12.1 Å². The maximum absolute atomic E-state index is 13.1. The molecule has 1 aliphatic carbocycles. The van der Waals surface area contributed by atoms with Crippen LogP contribution in [0.5, 0.6) is 0 Å². The summed E-state index contributed by atoms with van der Waals surface area (Å²) in [5.41, 5.74) is 4.26. The maximum atomic E-state index is 13.1. The number of Topliss-reactive ketones (excluding diaryl/α,β-unsaturated/α-hetero) is 1. The van der Waals surface area contributed by atoms with Gasteiger partial charge in [-0.15, -0.1) is 0 Å². The van der Waals surface area contributed by atoms with E-state index < -0.39 is 0 Å². The van der Waals surface area contributed by atoms with Gasteiger partial charge in [-0.2, -0.15) is 0 Å². The maximum Gasteiger partial charge on any atom is 0.166 e. The SMILES string of the molecule is O=C1C[C@H](c2ccc(F)cc2)CC2=C1C=Nc1ccccc1N2. The second kappa shape index (κ2) is 5.47. The molecule has 0 saturated carbocycles. The molecule has 0 bridgehead atoms. The molecule has 1 N–H and O–H groups in total. The highest BCUT2D eigenvalue weighted by Gasteiger charge is 2.29. The molecule has 1 heterocycles. The average molecular weight is 306 g/mol. The molecule has 0 saturated heterocycles. The van der Waals surface area contributed by atoms with E-state index in [0.29, 0.717) is 18.4 Å². The van der Waals surface area contributed by atoms with Crippen LogP contribution >= 0.6 is 0 Å². The van der Waals surface area contributed by atoms with Crippen LogP contribution in [0.25, 0.3) is 0 Å². The fraction of sp³-hybridized carbons (Fsp3) is 0.158. The van der Waals surface area contributed by atoms with Crippen molar-refractivity contribution >= 4 is 23.4 Å². The molecule has 0 amide bonds. The Morgan fingerprint density at radius 1 is 1.04 bits per heavy atom.